The van der Waals surface area contributed by atoms with Crippen molar-refractivity contribution >= 4 is 29.0 Å². The molecule has 9 heteroatoms. The molecule has 0 aliphatic heterocycles. The maximum Gasteiger partial charge on any atom is 0.420 e. The molecule has 0 aromatic carbocycles. The van der Waals surface area contributed by atoms with Gasteiger partial charge in [0, 0.05) is 30.4 Å². The Morgan fingerprint density at radius 2 is 1.83 bits per heavy atom. The summed E-state index contributed by atoms with van der Waals surface area (Å²) in [4.78, 5) is 43.2. The maximum atomic E-state index is 13.3. The van der Waals surface area contributed by atoms with Gasteiger partial charge in [-0.3, -0.25) is 10.1 Å². The van der Waals surface area contributed by atoms with Gasteiger partial charge in [0.1, 0.15) is 5.60 Å². The Bertz CT molecular complexity index is 1100. The standard InChI is InChI=1S/C26H36N4O5/c1-25(2,3)35-24(33)30-16-19(22(31)34-4)20-17(11-14-27-21(20)30)15-28-26(12-7-8-13-26)23(32)29-18-9-5-6-10-18/h11,14,16,18,28H,5-10,12-13,15H2,1-4H3,(H,29,32). The van der Waals surface area contributed by atoms with Crippen molar-refractivity contribution < 1.29 is 23.9 Å². The second-order valence-corrected chi connectivity index (χ2v) is 10.7. The topological polar surface area (TPSA) is 112 Å². The Hall–Kier alpha value is -2.94. The summed E-state index contributed by atoms with van der Waals surface area (Å²) in [5.74, 6) is -0.507. The number of pyridine rings is 1. The third kappa shape index (κ3) is 5.34. The van der Waals surface area contributed by atoms with Gasteiger partial charge < -0.3 is 14.8 Å². The van der Waals surface area contributed by atoms with E-state index in [9.17, 15) is 14.4 Å². The third-order valence-electron chi connectivity index (χ3n) is 6.97. The highest BCUT2D eigenvalue weighted by Gasteiger charge is 2.41. The molecule has 0 radical (unpaired) electrons. The van der Waals surface area contributed by atoms with Crippen LogP contribution < -0.4 is 10.6 Å². The first kappa shape index (κ1) is 25.2. The van der Waals surface area contributed by atoms with Crippen LogP contribution in [0.2, 0.25) is 0 Å². The molecule has 9 nitrogen and oxygen atoms in total. The van der Waals surface area contributed by atoms with Gasteiger partial charge >= 0.3 is 12.1 Å². The van der Waals surface area contributed by atoms with E-state index in [-0.39, 0.29) is 17.5 Å². The lowest BCUT2D eigenvalue weighted by atomic mass is 9.94. The second-order valence-electron chi connectivity index (χ2n) is 10.7. The van der Waals surface area contributed by atoms with E-state index in [4.69, 9.17) is 9.47 Å². The molecule has 0 spiro atoms. The molecule has 2 heterocycles. The Balaban J connectivity index is 1.65. The molecule has 2 aliphatic carbocycles. The second kappa shape index (κ2) is 9.97. The average molecular weight is 485 g/mol. The SMILES string of the molecule is COC(=O)c1cn(C(=O)OC(C)(C)C)c2nccc(CNC3(C(=O)NC4CCCC4)CCCC3)c12. The summed E-state index contributed by atoms with van der Waals surface area (Å²) in [5, 5.41) is 7.30. The molecular formula is C26H36N4O5. The Morgan fingerprint density at radius 3 is 2.46 bits per heavy atom. The molecule has 190 valence electrons. The van der Waals surface area contributed by atoms with E-state index in [0.717, 1.165) is 56.9 Å². The number of rotatable bonds is 6. The molecule has 35 heavy (non-hydrogen) atoms. The number of esters is 1. The smallest absolute Gasteiger partial charge is 0.420 e. The van der Waals surface area contributed by atoms with Crippen LogP contribution in [0.25, 0.3) is 11.0 Å². The van der Waals surface area contributed by atoms with Crippen molar-refractivity contribution in [3.05, 3.63) is 29.6 Å². The van der Waals surface area contributed by atoms with Gasteiger partial charge in [-0.25, -0.2) is 19.1 Å². The summed E-state index contributed by atoms with van der Waals surface area (Å²) in [6.45, 7) is 5.67. The number of fused-ring (bicyclic) bond motifs is 1. The summed E-state index contributed by atoms with van der Waals surface area (Å²) in [5.41, 5.74) is -0.0430. The van der Waals surface area contributed by atoms with E-state index < -0.39 is 23.2 Å². The largest absolute Gasteiger partial charge is 0.465 e. The van der Waals surface area contributed by atoms with Crippen LogP contribution in [0.3, 0.4) is 0 Å². The first-order chi connectivity index (χ1) is 16.6. The van der Waals surface area contributed by atoms with Gasteiger partial charge in [0.05, 0.1) is 18.2 Å². The molecule has 4 rings (SSSR count). The first-order valence-corrected chi connectivity index (χ1v) is 12.5. The number of nitrogens with one attached hydrogen (secondary N) is 2. The summed E-state index contributed by atoms with van der Waals surface area (Å²) in [7, 11) is 1.30. The van der Waals surface area contributed by atoms with Crippen LogP contribution in [0.1, 0.15) is 88.1 Å². The van der Waals surface area contributed by atoms with E-state index in [1.807, 2.05) is 0 Å². The summed E-state index contributed by atoms with van der Waals surface area (Å²) >= 11 is 0. The van der Waals surface area contributed by atoms with Crippen LogP contribution in [-0.2, 0) is 20.8 Å². The van der Waals surface area contributed by atoms with Crippen molar-refractivity contribution in [3.8, 4) is 0 Å². The minimum absolute atomic E-state index is 0.0618. The summed E-state index contributed by atoms with van der Waals surface area (Å²) < 4.78 is 11.7. The number of aromatic nitrogens is 2. The predicted octanol–water partition coefficient (Wildman–Crippen LogP) is 4.07. The molecule has 2 aromatic heterocycles. The van der Waals surface area contributed by atoms with Gasteiger partial charge in [0.15, 0.2) is 5.65 Å². The van der Waals surface area contributed by atoms with Gasteiger partial charge in [-0.15, -0.1) is 0 Å². The normalized spacial score (nSPS) is 18.1. The first-order valence-electron chi connectivity index (χ1n) is 12.5. The van der Waals surface area contributed by atoms with Gasteiger partial charge in [0.25, 0.3) is 0 Å². The quantitative estimate of drug-likeness (QED) is 0.595. The zero-order chi connectivity index (χ0) is 25.2. The summed E-state index contributed by atoms with van der Waals surface area (Å²) in [6.07, 6.45) is 10.3. The van der Waals surface area contributed by atoms with Crippen LogP contribution in [0, 0.1) is 0 Å². The van der Waals surface area contributed by atoms with Crippen molar-refractivity contribution in [2.75, 3.05) is 7.11 Å². The highest BCUT2D eigenvalue weighted by atomic mass is 16.6. The minimum atomic E-state index is -0.709. The van der Waals surface area contributed by atoms with E-state index in [1.165, 1.54) is 17.9 Å². The van der Waals surface area contributed by atoms with Crippen LogP contribution in [0.15, 0.2) is 18.5 Å². The van der Waals surface area contributed by atoms with Crippen LogP contribution >= 0.6 is 0 Å². The minimum Gasteiger partial charge on any atom is -0.465 e. The molecular weight excluding hydrogens is 448 g/mol. The Morgan fingerprint density at radius 1 is 1.14 bits per heavy atom. The number of carbonyl (C=O) groups excluding carboxylic acids is 3. The van der Waals surface area contributed by atoms with Gasteiger partial charge in [-0.2, -0.15) is 0 Å². The van der Waals surface area contributed by atoms with E-state index >= 15 is 0 Å². The molecule has 2 aromatic rings. The molecule has 2 saturated carbocycles. The lowest BCUT2D eigenvalue weighted by Crippen LogP contribution is -2.56. The van der Waals surface area contributed by atoms with Gasteiger partial charge in [-0.05, 0) is 58.1 Å². The van der Waals surface area contributed by atoms with E-state index in [0.29, 0.717) is 17.6 Å². The monoisotopic (exact) mass is 484 g/mol. The van der Waals surface area contributed by atoms with Crippen LogP contribution in [0.5, 0.6) is 0 Å². The zero-order valence-corrected chi connectivity index (χ0v) is 21.1. The fraction of sp³-hybridized carbons (Fsp3) is 0.615. The lowest BCUT2D eigenvalue weighted by Gasteiger charge is -2.31. The van der Waals surface area contributed by atoms with Gasteiger partial charge in [-0.1, -0.05) is 25.7 Å². The highest BCUT2D eigenvalue weighted by Crippen LogP contribution is 2.32. The fourth-order valence-electron chi connectivity index (χ4n) is 5.20. The molecule has 0 bridgehead atoms. The van der Waals surface area contributed by atoms with Crippen molar-refractivity contribution in [1.29, 1.82) is 0 Å². The number of ether oxygens (including phenoxy) is 2. The van der Waals surface area contributed by atoms with Crippen molar-refractivity contribution in [1.82, 2.24) is 20.2 Å². The lowest BCUT2D eigenvalue weighted by molar-refractivity contribution is -0.128. The molecule has 1 amide bonds. The van der Waals surface area contributed by atoms with Crippen LogP contribution in [0.4, 0.5) is 4.79 Å². The molecule has 2 fully saturated rings. The number of amides is 1. The number of methoxy groups -OCH3 is 1. The van der Waals surface area contributed by atoms with Gasteiger partial charge in [0.2, 0.25) is 5.91 Å². The van der Waals surface area contributed by atoms with Crippen molar-refractivity contribution in [3.63, 3.8) is 0 Å². The molecule has 2 aliphatic rings. The summed E-state index contributed by atoms with van der Waals surface area (Å²) in [6, 6.07) is 2.06. The van der Waals surface area contributed by atoms with Crippen molar-refractivity contribution in [2.45, 2.75) is 95.9 Å². The number of hydrogen-bond acceptors (Lipinski definition) is 7. The van der Waals surface area contributed by atoms with Crippen LogP contribution in [-0.4, -0.2) is 51.8 Å². The fourth-order valence-corrected chi connectivity index (χ4v) is 5.20. The Labute approximate surface area is 205 Å². The highest BCUT2D eigenvalue weighted by molar-refractivity contribution is 6.06. The number of hydrogen-bond donors (Lipinski definition) is 2. The zero-order valence-electron chi connectivity index (χ0n) is 21.1. The van der Waals surface area contributed by atoms with Crippen molar-refractivity contribution in [2.24, 2.45) is 0 Å². The number of carbonyl (C=O) groups is 3. The predicted molar refractivity (Wildman–Crippen MR) is 131 cm³/mol. The maximum absolute atomic E-state index is 13.3. The third-order valence-corrected chi connectivity index (χ3v) is 6.97. The van der Waals surface area contributed by atoms with E-state index in [2.05, 4.69) is 15.6 Å². The Kier molecular flexibility index (Phi) is 7.17. The number of nitrogens with zero attached hydrogens (tertiary/aromatic N) is 2. The average Bonchev–Trinajstić information content (AvgIpc) is 3.56. The molecule has 0 atom stereocenters. The molecule has 0 unspecified atom stereocenters. The molecule has 0 saturated heterocycles. The molecule has 2 N–H and O–H groups in total. The van der Waals surface area contributed by atoms with E-state index in [1.54, 1.807) is 33.0 Å².